The topological polar surface area (TPSA) is 12.0 Å². The predicted octanol–water partition coefficient (Wildman–Crippen LogP) is 6.02. The van der Waals surface area contributed by atoms with E-state index >= 15 is 0 Å². The monoisotopic (exact) mass is 383 g/mol. The molecule has 0 aromatic carbocycles. The summed E-state index contributed by atoms with van der Waals surface area (Å²) in [6.45, 7) is 14.5. The molecular formula is C15H34INSi. The van der Waals surface area contributed by atoms with E-state index < -0.39 is 8.07 Å². The fraction of sp³-hybridized carbons (Fsp3) is 1.00. The van der Waals surface area contributed by atoms with Gasteiger partial charge in [-0.3, -0.25) is 3.53 Å². The number of nitrogens with one attached hydrogen (secondary N) is 1. The van der Waals surface area contributed by atoms with Crippen molar-refractivity contribution in [1.82, 2.24) is 3.53 Å². The van der Waals surface area contributed by atoms with E-state index in [1.807, 2.05) is 0 Å². The van der Waals surface area contributed by atoms with Gasteiger partial charge in [-0.2, -0.15) is 0 Å². The Labute approximate surface area is 130 Å². The van der Waals surface area contributed by atoms with E-state index in [0.29, 0.717) is 5.41 Å². The molecule has 0 heterocycles. The minimum Gasteiger partial charge on any atom is -0.258 e. The van der Waals surface area contributed by atoms with E-state index in [1.54, 1.807) is 0 Å². The molecule has 1 nitrogen and oxygen atoms in total. The second-order valence-corrected chi connectivity index (χ2v) is 14.3. The number of rotatable bonds is 9. The van der Waals surface area contributed by atoms with Crippen LogP contribution in [0.1, 0.15) is 59.3 Å². The van der Waals surface area contributed by atoms with Gasteiger partial charge in [0.2, 0.25) is 0 Å². The minimum atomic E-state index is -0.812. The zero-order valence-electron chi connectivity index (χ0n) is 13.4. The highest BCUT2D eigenvalue weighted by atomic mass is 127. The van der Waals surface area contributed by atoms with Crippen molar-refractivity contribution in [2.45, 2.75) is 91.0 Å². The van der Waals surface area contributed by atoms with Gasteiger partial charge in [-0.15, -0.1) is 0 Å². The number of halogens is 1. The van der Waals surface area contributed by atoms with Gasteiger partial charge >= 0.3 is 0 Å². The van der Waals surface area contributed by atoms with Crippen LogP contribution in [0.3, 0.4) is 0 Å². The molecule has 0 spiro atoms. The van der Waals surface area contributed by atoms with Gasteiger partial charge in [-0.05, 0) is 24.7 Å². The summed E-state index contributed by atoms with van der Waals surface area (Å²) in [5.74, 6) is 0. The molecule has 1 unspecified atom stereocenters. The van der Waals surface area contributed by atoms with Gasteiger partial charge in [0.1, 0.15) is 0 Å². The van der Waals surface area contributed by atoms with E-state index in [9.17, 15) is 0 Å². The molecule has 0 saturated carbocycles. The van der Waals surface area contributed by atoms with Crippen molar-refractivity contribution in [3.05, 3.63) is 0 Å². The van der Waals surface area contributed by atoms with Crippen LogP contribution in [-0.2, 0) is 0 Å². The molecule has 18 heavy (non-hydrogen) atoms. The molecule has 3 heteroatoms. The molecule has 0 bridgehead atoms. The van der Waals surface area contributed by atoms with Gasteiger partial charge in [0.25, 0.3) is 0 Å². The largest absolute Gasteiger partial charge is 0.258 e. The van der Waals surface area contributed by atoms with Crippen molar-refractivity contribution in [2.24, 2.45) is 5.41 Å². The number of unbranched alkanes of at least 4 members (excludes halogenated alkanes) is 1. The van der Waals surface area contributed by atoms with Crippen LogP contribution in [0.4, 0.5) is 0 Å². The number of hydrogen-bond acceptors (Lipinski definition) is 1. The Hall–Kier alpha value is 0.907. The van der Waals surface area contributed by atoms with E-state index in [1.165, 1.54) is 44.6 Å². The van der Waals surface area contributed by atoms with Gasteiger partial charge in [0, 0.05) is 37.0 Å². The first-order valence-corrected chi connectivity index (χ1v) is 12.3. The van der Waals surface area contributed by atoms with Gasteiger partial charge in [-0.1, -0.05) is 65.7 Å². The average Bonchev–Trinajstić information content (AvgIpc) is 2.18. The lowest BCUT2D eigenvalue weighted by molar-refractivity contribution is 0.347. The van der Waals surface area contributed by atoms with E-state index in [2.05, 4.69) is 66.8 Å². The quantitative estimate of drug-likeness (QED) is 0.222. The van der Waals surface area contributed by atoms with Gasteiger partial charge in [0.05, 0.1) is 0 Å². The van der Waals surface area contributed by atoms with Gasteiger partial charge in [0.15, 0.2) is 0 Å². The number of hydrogen-bond donors (Lipinski definition) is 1. The van der Waals surface area contributed by atoms with Gasteiger partial charge < -0.3 is 0 Å². The SMILES string of the molecule is CC(C)(C)CCCC(CCCC[Si](C)(C)C)NI. The third kappa shape index (κ3) is 13.3. The maximum Gasteiger partial charge on any atom is 0.0442 e. The molecule has 0 aliphatic carbocycles. The second kappa shape index (κ2) is 8.96. The lowest BCUT2D eigenvalue weighted by atomic mass is 9.88. The third-order valence-electron chi connectivity index (χ3n) is 3.36. The Kier molecular flexibility index (Phi) is 9.41. The zero-order valence-corrected chi connectivity index (χ0v) is 16.6. The van der Waals surface area contributed by atoms with Crippen LogP contribution >= 0.6 is 22.9 Å². The van der Waals surface area contributed by atoms with Crippen LogP contribution in [0.15, 0.2) is 0 Å². The molecule has 0 aliphatic rings. The first-order chi connectivity index (χ1) is 8.14. The molecule has 0 fully saturated rings. The fourth-order valence-corrected chi connectivity index (χ4v) is 4.11. The molecule has 0 saturated heterocycles. The van der Waals surface area contributed by atoms with Crippen LogP contribution in [0.2, 0.25) is 25.7 Å². The third-order valence-corrected chi connectivity index (χ3v) is 6.10. The molecule has 0 aromatic heterocycles. The molecule has 0 rings (SSSR count). The van der Waals surface area contributed by atoms with Crippen molar-refractivity contribution in [1.29, 1.82) is 0 Å². The van der Waals surface area contributed by atoms with Crippen molar-refractivity contribution >= 4 is 30.9 Å². The standard InChI is InChI=1S/C15H34INSi/c1-15(2,3)12-9-11-14(17-16)10-7-8-13-18(4,5)6/h14,17H,7-13H2,1-6H3. The zero-order chi connectivity index (χ0) is 14.2. The first kappa shape index (κ1) is 18.9. The molecule has 0 amide bonds. The molecule has 110 valence electrons. The second-order valence-electron chi connectivity index (χ2n) is 8.07. The molecule has 0 aliphatic heterocycles. The van der Waals surface area contributed by atoms with Crippen molar-refractivity contribution in [2.75, 3.05) is 0 Å². The van der Waals surface area contributed by atoms with Crippen molar-refractivity contribution in [3.63, 3.8) is 0 Å². The Morgan fingerprint density at radius 2 is 1.56 bits per heavy atom. The summed E-state index contributed by atoms with van der Waals surface area (Å²) in [6.07, 6.45) is 8.24. The van der Waals surface area contributed by atoms with Crippen molar-refractivity contribution in [3.8, 4) is 0 Å². The highest BCUT2D eigenvalue weighted by Crippen LogP contribution is 2.23. The lowest BCUT2D eigenvalue weighted by Crippen LogP contribution is -2.22. The summed E-state index contributed by atoms with van der Waals surface area (Å²) in [7, 11) is -0.812. The minimum absolute atomic E-state index is 0.494. The highest BCUT2D eigenvalue weighted by molar-refractivity contribution is 14.1. The lowest BCUT2D eigenvalue weighted by Gasteiger charge is -2.21. The molecule has 1 atom stereocenters. The molecule has 0 radical (unpaired) electrons. The summed E-state index contributed by atoms with van der Waals surface area (Å²) >= 11 is 2.34. The highest BCUT2D eigenvalue weighted by Gasteiger charge is 2.14. The Morgan fingerprint density at radius 3 is 2.00 bits per heavy atom. The van der Waals surface area contributed by atoms with Gasteiger partial charge in [-0.25, -0.2) is 0 Å². The van der Waals surface area contributed by atoms with Crippen LogP contribution in [0.25, 0.3) is 0 Å². The fourth-order valence-electron chi connectivity index (χ4n) is 2.18. The normalized spacial score (nSPS) is 14.8. The Balaban J connectivity index is 3.65. The predicted molar refractivity (Wildman–Crippen MR) is 96.3 cm³/mol. The Morgan fingerprint density at radius 1 is 1.00 bits per heavy atom. The van der Waals surface area contributed by atoms with Crippen LogP contribution in [0.5, 0.6) is 0 Å². The maximum atomic E-state index is 3.47. The maximum absolute atomic E-state index is 3.47. The summed E-state index contributed by atoms with van der Waals surface area (Å²) in [5, 5.41) is 0. The van der Waals surface area contributed by atoms with Crippen LogP contribution in [-0.4, -0.2) is 14.1 Å². The summed E-state index contributed by atoms with van der Waals surface area (Å²) in [4.78, 5) is 0. The summed E-state index contributed by atoms with van der Waals surface area (Å²) in [5.41, 5.74) is 0.494. The molecule has 1 N–H and O–H groups in total. The van der Waals surface area contributed by atoms with Crippen LogP contribution < -0.4 is 3.53 Å². The molecule has 0 aromatic rings. The smallest absolute Gasteiger partial charge is 0.0442 e. The summed E-state index contributed by atoms with van der Waals surface area (Å²) in [6, 6.07) is 2.22. The van der Waals surface area contributed by atoms with Crippen LogP contribution in [0, 0.1) is 5.41 Å². The van der Waals surface area contributed by atoms with E-state index in [4.69, 9.17) is 0 Å². The first-order valence-electron chi connectivity index (χ1n) is 7.50. The van der Waals surface area contributed by atoms with E-state index in [0.717, 1.165) is 6.04 Å². The Bertz CT molecular complexity index is 206. The average molecular weight is 383 g/mol. The van der Waals surface area contributed by atoms with Crippen molar-refractivity contribution < 1.29 is 0 Å². The van der Waals surface area contributed by atoms with E-state index in [-0.39, 0.29) is 0 Å². The summed E-state index contributed by atoms with van der Waals surface area (Å²) < 4.78 is 3.47. The molecular weight excluding hydrogens is 349 g/mol.